The Morgan fingerprint density at radius 2 is 2.13 bits per heavy atom. The lowest BCUT2D eigenvalue weighted by Gasteiger charge is -2.26. The number of carboxylic acid groups (broad SMARTS) is 1. The number of carboxylic acids is 1. The lowest BCUT2D eigenvalue weighted by atomic mass is 9.87. The van der Waals surface area contributed by atoms with Crippen molar-refractivity contribution in [3.63, 3.8) is 0 Å². The van der Waals surface area contributed by atoms with Gasteiger partial charge >= 0.3 is 5.97 Å². The largest absolute Gasteiger partial charge is 0.476 e. The maximum Gasteiger partial charge on any atom is 0.356 e. The number of nitrogens with zero attached hydrogens (tertiary/aromatic N) is 2. The lowest BCUT2D eigenvalue weighted by Crippen LogP contribution is -2.15. The van der Waals surface area contributed by atoms with Gasteiger partial charge in [0.25, 0.3) is 0 Å². The van der Waals surface area contributed by atoms with Crippen LogP contribution in [0.4, 0.5) is 0 Å². The quantitative estimate of drug-likeness (QED) is 0.811. The summed E-state index contributed by atoms with van der Waals surface area (Å²) in [7, 11) is 0. The Morgan fingerprint density at radius 1 is 1.47 bits per heavy atom. The molecule has 82 valence electrons. The summed E-state index contributed by atoms with van der Waals surface area (Å²) in [6.45, 7) is 2.27. The fraction of sp³-hybridized carbons (Fsp3) is 0.636. The zero-order valence-electron chi connectivity index (χ0n) is 8.89. The summed E-state index contributed by atoms with van der Waals surface area (Å²) in [5.41, 5.74) is 0.147. The van der Waals surface area contributed by atoms with E-state index in [1.165, 1.54) is 12.8 Å². The topological polar surface area (TPSA) is 55.1 Å². The Hall–Kier alpha value is -1.32. The molecule has 1 saturated carbocycles. The van der Waals surface area contributed by atoms with Gasteiger partial charge in [-0.25, -0.2) is 9.78 Å². The molecular weight excluding hydrogens is 192 g/mol. The SMILES string of the molecule is C[C@H]1CC[C@H](n2cnc(C(=O)O)c2)CC1. The second-order valence-corrected chi connectivity index (χ2v) is 4.42. The number of imidazole rings is 1. The Morgan fingerprint density at radius 3 is 2.67 bits per heavy atom. The third kappa shape index (κ3) is 2.19. The van der Waals surface area contributed by atoms with Crippen molar-refractivity contribution < 1.29 is 9.90 Å². The molecule has 0 bridgehead atoms. The zero-order valence-corrected chi connectivity index (χ0v) is 8.89. The highest BCUT2D eigenvalue weighted by molar-refractivity contribution is 5.84. The highest BCUT2D eigenvalue weighted by Crippen LogP contribution is 2.31. The first-order valence-electron chi connectivity index (χ1n) is 5.43. The predicted molar refractivity (Wildman–Crippen MR) is 55.9 cm³/mol. The molecule has 4 heteroatoms. The molecule has 0 amide bonds. The van der Waals surface area contributed by atoms with Crippen molar-refractivity contribution in [1.82, 2.24) is 9.55 Å². The predicted octanol–water partition coefficient (Wildman–Crippen LogP) is 2.33. The lowest BCUT2D eigenvalue weighted by molar-refractivity contribution is 0.0691. The number of carbonyl (C=O) groups is 1. The smallest absolute Gasteiger partial charge is 0.356 e. The maximum absolute atomic E-state index is 10.7. The van der Waals surface area contributed by atoms with E-state index in [1.807, 2.05) is 4.57 Å². The van der Waals surface area contributed by atoms with E-state index >= 15 is 0 Å². The molecule has 1 heterocycles. The summed E-state index contributed by atoms with van der Waals surface area (Å²) in [5, 5.41) is 8.76. The average Bonchev–Trinajstić information content (AvgIpc) is 2.68. The van der Waals surface area contributed by atoms with Crippen LogP contribution in [-0.2, 0) is 0 Å². The Balaban J connectivity index is 2.06. The van der Waals surface area contributed by atoms with Gasteiger partial charge in [-0.05, 0) is 31.6 Å². The van der Waals surface area contributed by atoms with Crippen LogP contribution in [0, 0.1) is 5.92 Å². The molecular formula is C11H16N2O2. The van der Waals surface area contributed by atoms with Crippen LogP contribution in [0.25, 0.3) is 0 Å². The van der Waals surface area contributed by atoms with Gasteiger partial charge in [0, 0.05) is 12.2 Å². The highest BCUT2D eigenvalue weighted by atomic mass is 16.4. The van der Waals surface area contributed by atoms with Gasteiger partial charge < -0.3 is 9.67 Å². The number of aromatic nitrogens is 2. The van der Waals surface area contributed by atoms with Gasteiger partial charge in [-0.2, -0.15) is 0 Å². The molecule has 1 aromatic heterocycles. The molecule has 0 atom stereocenters. The summed E-state index contributed by atoms with van der Waals surface area (Å²) in [6.07, 6.45) is 8.01. The first-order chi connectivity index (χ1) is 7.16. The third-order valence-corrected chi connectivity index (χ3v) is 3.23. The monoisotopic (exact) mass is 208 g/mol. The molecule has 0 unspecified atom stereocenters. The molecule has 0 spiro atoms. The van der Waals surface area contributed by atoms with Crippen LogP contribution in [0.3, 0.4) is 0 Å². The molecule has 15 heavy (non-hydrogen) atoms. The van der Waals surface area contributed by atoms with Crippen molar-refractivity contribution in [1.29, 1.82) is 0 Å². The zero-order chi connectivity index (χ0) is 10.8. The van der Waals surface area contributed by atoms with Crippen molar-refractivity contribution in [2.45, 2.75) is 38.6 Å². The van der Waals surface area contributed by atoms with E-state index in [2.05, 4.69) is 11.9 Å². The molecule has 1 aliphatic rings. The van der Waals surface area contributed by atoms with E-state index in [-0.39, 0.29) is 5.69 Å². The van der Waals surface area contributed by atoms with Crippen LogP contribution in [0.2, 0.25) is 0 Å². The minimum absolute atomic E-state index is 0.147. The second-order valence-electron chi connectivity index (χ2n) is 4.42. The van der Waals surface area contributed by atoms with Gasteiger partial charge in [-0.1, -0.05) is 6.92 Å². The standard InChI is InChI=1S/C11H16N2O2/c1-8-2-4-9(5-3-8)13-6-10(11(14)15)12-7-13/h6-9H,2-5H2,1H3,(H,14,15)/t8-,9-. The van der Waals surface area contributed by atoms with Crippen molar-refractivity contribution in [3.05, 3.63) is 18.2 Å². The van der Waals surface area contributed by atoms with Crippen molar-refractivity contribution in [2.24, 2.45) is 5.92 Å². The minimum Gasteiger partial charge on any atom is -0.476 e. The fourth-order valence-corrected chi connectivity index (χ4v) is 2.19. The molecule has 1 N–H and O–H groups in total. The van der Waals surface area contributed by atoms with Gasteiger partial charge in [0.2, 0.25) is 0 Å². The van der Waals surface area contributed by atoms with Gasteiger partial charge in [0.1, 0.15) is 0 Å². The van der Waals surface area contributed by atoms with Crippen LogP contribution in [0.15, 0.2) is 12.5 Å². The van der Waals surface area contributed by atoms with Gasteiger partial charge in [-0.3, -0.25) is 0 Å². The summed E-state index contributed by atoms with van der Waals surface area (Å²) in [5.74, 6) is -0.137. The average molecular weight is 208 g/mol. The van der Waals surface area contributed by atoms with Crippen LogP contribution < -0.4 is 0 Å². The Kier molecular flexibility index (Phi) is 2.75. The van der Waals surface area contributed by atoms with Crippen molar-refractivity contribution in [3.8, 4) is 0 Å². The van der Waals surface area contributed by atoms with E-state index < -0.39 is 5.97 Å². The molecule has 0 saturated heterocycles. The normalized spacial score (nSPS) is 26.5. The third-order valence-electron chi connectivity index (χ3n) is 3.23. The fourth-order valence-electron chi connectivity index (χ4n) is 2.19. The van der Waals surface area contributed by atoms with Crippen LogP contribution in [0.1, 0.15) is 49.1 Å². The maximum atomic E-state index is 10.7. The molecule has 1 fully saturated rings. The second kappa shape index (κ2) is 4.04. The van der Waals surface area contributed by atoms with E-state index in [0.29, 0.717) is 6.04 Å². The van der Waals surface area contributed by atoms with E-state index in [0.717, 1.165) is 18.8 Å². The van der Waals surface area contributed by atoms with Gasteiger partial charge in [-0.15, -0.1) is 0 Å². The summed E-state index contributed by atoms with van der Waals surface area (Å²) in [4.78, 5) is 14.5. The van der Waals surface area contributed by atoms with Crippen molar-refractivity contribution >= 4 is 5.97 Å². The van der Waals surface area contributed by atoms with Crippen LogP contribution in [0.5, 0.6) is 0 Å². The Bertz CT molecular complexity index is 351. The van der Waals surface area contributed by atoms with E-state index in [4.69, 9.17) is 5.11 Å². The summed E-state index contributed by atoms with van der Waals surface area (Å²) in [6, 6.07) is 0.446. The summed E-state index contributed by atoms with van der Waals surface area (Å²) < 4.78 is 1.95. The van der Waals surface area contributed by atoms with Crippen LogP contribution >= 0.6 is 0 Å². The van der Waals surface area contributed by atoms with E-state index in [1.54, 1.807) is 12.5 Å². The molecule has 0 aliphatic heterocycles. The van der Waals surface area contributed by atoms with E-state index in [9.17, 15) is 4.79 Å². The molecule has 0 radical (unpaired) electrons. The van der Waals surface area contributed by atoms with Crippen LogP contribution in [-0.4, -0.2) is 20.6 Å². The molecule has 2 rings (SSSR count). The number of hydrogen-bond acceptors (Lipinski definition) is 2. The molecule has 0 aromatic carbocycles. The Labute approximate surface area is 88.9 Å². The summed E-state index contributed by atoms with van der Waals surface area (Å²) >= 11 is 0. The number of aromatic carboxylic acids is 1. The first-order valence-corrected chi connectivity index (χ1v) is 5.43. The number of rotatable bonds is 2. The molecule has 4 nitrogen and oxygen atoms in total. The molecule has 1 aliphatic carbocycles. The molecule has 1 aromatic rings. The number of hydrogen-bond donors (Lipinski definition) is 1. The van der Waals surface area contributed by atoms with Gasteiger partial charge in [0.15, 0.2) is 5.69 Å². The van der Waals surface area contributed by atoms with Gasteiger partial charge in [0.05, 0.1) is 6.33 Å². The minimum atomic E-state index is -0.946. The van der Waals surface area contributed by atoms with Crippen molar-refractivity contribution in [2.75, 3.05) is 0 Å². The first kappa shape index (κ1) is 10.2. The highest BCUT2D eigenvalue weighted by Gasteiger charge is 2.20.